The number of anilines is 1. The number of fused-ring (bicyclic) bond motifs is 1. The molecule has 136 valence electrons. The second-order valence-corrected chi connectivity index (χ2v) is 8.49. The molecule has 0 heterocycles. The van der Waals surface area contributed by atoms with E-state index in [1.807, 2.05) is 73.7 Å². The maximum Gasteiger partial charge on any atom is 0.268 e. The summed E-state index contributed by atoms with van der Waals surface area (Å²) in [4.78, 5) is 0.293. The van der Waals surface area contributed by atoms with Crippen molar-refractivity contribution in [2.24, 2.45) is 0 Å². The van der Waals surface area contributed by atoms with Gasteiger partial charge in [0.2, 0.25) is 0 Å². The van der Waals surface area contributed by atoms with E-state index >= 15 is 0 Å². The summed E-state index contributed by atoms with van der Waals surface area (Å²) in [5, 5.41) is 0. The number of hydrogen-bond donors (Lipinski definition) is 0. The van der Waals surface area contributed by atoms with Gasteiger partial charge in [-0.2, -0.15) is 0 Å². The van der Waals surface area contributed by atoms with Crippen LogP contribution < -0.4 is 4.31 Å². The minimum atomic E-state index is -3.75. The predicted octanol–water partition coefficient (Wildman–Crippen LogP) is 5.18. The van der Waals surface area contributed by atoms with Gasteiger partial charge in [-0.05, 0) is 49.6 Å². The first kappa shape index (κ1) is 17.6. The molecule has 3 nitrogen and oxygen atoms in total. The Balaban J connectivity index is 1.91. The molecule has 0 spiro atoms. The number of aryl methyl sites for hydroxylation is 2. The molecule has 4 heteroatoms. The SMILES string of the molecule is Cc1ccc(S(=O)(=O)N(C2=CCCc3ccccc32)c2ccccc2)cc1. The first-order chi connectivity index (χ1) is 13.1. The average molecular weight is 375 g/mol. The average Bonchev–Trinajstić information content (AvgIpc) is 2.69. The number of para-hydroxylation sites is 1. The van der Waals surface area contributed by atoms with E-state index in [0.29, 0.717) is 10.6 Å². The Hall–Kier alpha value is -2.85. The monoisotopic (exact) mass is 375 g/mol. The van der Waals surface area contributed by atoms with Crippen molar-refractivity contribution in [3.63, 3.8) is 0 Å². The fourth-order valence-corrected chi connectivity index (χ4v) is 4.96. The lowest BCUT2D eigenvalue weighted by Crippen LogP contribution is -2.30. The molecule has 0 saturated carbocycles. The standard InChI is InChI=1S/C23H21NO2S/c1-18-14-16-21(17-15-18)27(25,26)24(20-10-3-2-4-11-20)23-13-7-9-19-8-5-6-12-22(19)23/h2-6,8,10-17H,7,9H2,1H3. The Kier molecular flexibility index (Phi) is 4.58. The van der Waals surface area contributed by atoms with Crippen LogP contribution in [0.5, 0.6) is 0 Å². The molecule has 1 aliphatic carbocycles. The first-order valence-electron chi connectivity index (χ1n) is 9.03. The molecule has 0 saturated heterocycles. The highest BCUT2D eigenvalue weighted by atomic mass is 32.2. The molecule has 3 aromatic carbocycles. The van der Waals surface area contributed by atoms with E-state index in [-0.39, 0.29) is 0 Å². The van der Waals surface area contributed by atoms with E-state index in [0.717, 1.165) is 29.7 Å². The molecule has 0 unspecified atom stereocenters. The Labute approximate surface area is 160 Å². The third-order valence-corrected chi connectivity index (χ3v) is 6.57. The van der Waals surface area contributed by atoms with Crippen molar-refractivity contribution < 1.29 is 8.42 Å². The van der Waals surface area contributed by atoms with E-state index in [1.54, 1.807) is 12.1 Å². The van der Waals surface area contributed by atoms with Gasteiger partial charge < -0.3 is 0 Å². The summed E-state index contributed by atoms with van der Waals surface area (Å²) in [5.41, 5.74) is 4.55. The smallest absolute Gasteiger partial charge is 0.234 e. The van der Waals surface area contributed by atoms with Crippen LogP contribution in [0, 0.1) is 6.92 Å². The van der Waals surface area contributed by atoms with Crippen molar-refractivity contribution in [2.75, 3.05) is 4.31 Å². The maximum atomic E-state index is 13.6. The molecular weight excluding hydrogens is 354 g/mol. The van der Waals surface area contributed by atoms with Crippen molar-refractivity contribution in [2.45, 2.75) is 24.7 Å². The second-order valence-electron chi connectivity index (χ2n) is 6.70. The lowest BCUT2D eigenvalue weighted by molar-refractivity contribution is 0.596. The molecule has 1 aliphatic rings. The third kappa shape index (κ3) is 3.28. The molecule has 0 aliphatic heterocycles. The van der Waals surface area contributed by atoms with Gasteiger partial charge in [-0.25, -0.2) is 12.7 Å². The van der Waals surface area contributed by atoms with E-state index in [4.69, 9.17) is 0 Å². The van der Waals surface area contributed by atoms with Crippen LogP contribution >= 0.6 is 0 Å². The zero-order valence-corrected chi connectivity index (χ0v) is 16.0. The Morgan fingerprint density at radius 2 is 1.48 bits per heavy atom. The zero-order valence-electron chi connectivity index (χ0n) is 15.2. The maximum absolute atomic E-state index is 13.6. The Morgan fingerprint density at radius 1 is 0.815 bits per heavy atom. The second kappa shape index (κ2) is 7.05. The quantitative estimate of drug-likeness (QED) is 0.630. The number of allylic oxidation sites excluding steroid dienone is 1. The lowest BCUT2D eigenvalue weighted by Gasteiger charge is -2.30. The fourth-order valence-electron chi connectivity index (χ4n) is 3.44. The van der Waals surface area contributed by atoms with Gasteiger partial charge >= 0.3 is 0 Å². The topological polar surface area (TPSA) is 37.4 Å². The first-order valence-corrected chi connectivity index (χ1v) is 10.5. The minimum absolute atomic E-state index is 0.293. The molecule has 0 N–H and O–H groups in total. The molecule has 4 rings (SSSR count). The van der Waals surface area contributed by atoms with Crippen LogP contribution in [0.4, 0.5) is 5.69 Å². The van der Waals surface area contributed by atoms with Gasteiger partial charge in [0.05, 0.1) is 16.3 Å². The van der Waals surface area contributed by atoms with Crippen LogP contribution in [-0.4, -0.2) is 8.42 Å². The molecule has 0 amide bonds. The minimum Gasteiger partial charge on any atom is -0.234 e. The normalized spacial score (nSPS) is 13.6. The summed E-state index contributed by atoms with van der Waals surface area (Å²) >= 11 is 0. The van der Waals surface area contributed by atoms with Gasteiger partial charge in [0.25, 0.3) is 10.0 Å². The van der Waals surface area contributed by atoms with Crippen molar-refractivity contribution in [1.29, 1.82) is 0 Å². The van der Waals surface area contributed by atoms with E-state index in [9.17, 15) is 8.42 Å². The Bertz CT molecular complexity index is 1080. The van der Waals surface area contributed by atoms with Gasteiger partial charge in [-0.3, -0.25) is 0 Å². The van der Waals surface area contributed by atoms with E-state index in [1.165, 1.54) is 9.87 Å². The number of nitrogens with zero attached hydrogens (tertiary/aromatic N) is 1. The Morgan fingerprint density at radius 3 is 2.22 bits per heavy atom. The third-order valence-electron chi connectivity index (χ3n) is 4.81. The van der Waals surface area contributed by atoms with Crippen molar-refractivity contribution in [3.8, 4) is 0 Å². The van der Waals surface area contributed by atoms with Crippen LogP contribution in [0.15, 0.2) is 89.8 Å². The van der Waals surface area contributed by atoms with Gasteiger partial charge in [0.1, 0.15) is 0 Å². The van der Waals surface area contributed by atoms with Crippen LogP contribution in [0.2, 0.25) is 0 Å². The van der Waals surface area contributed by atoms with Crippen molar-refractivity contribution >= 4 is 21.4 Å². The van der Waals surface area contributed by atoms with E-state index in [2.05, 4.69) is 6.07 Å². The molecule has 0 bridgehead atoms. The van der Waals surface area contributed by atoms with Gasteiger partial charge in [0.15, 0.2) is 0 Å². The molecule has 3 aromatic rings. The van der Waals surface area contributed by atoms with Crippen molar-refractivity contribution in [3.05, 3.63) is 102 Å². The summed E-state index contributed by atoms with van der Waals surface area (Å²) < 4.78 is 28.8. The van der Waals surface area contributed by atoms with Gasteiger partial charge in [-0.1, -0.05) is 66.2 Å². The molecular formula is C23H21NO2S. The predicted molar refractivity (Wildman–Crippen MR) is 110 cm³/mol. The summed E-state index contributed by atoms with van der Waals surface area (Å²) in [6.07, 6.45) is 3.77. The highest BCUT2D eigenvalue weighted by Gasteiger charge is 2.30. The molecule has 0 fully saturated rings. The van der Waals surface area contributed by atoms with E-state index < -0.39 is 10.0 Å². The van der Waals surface area contributed by atoms with Gasteiger partial charge in [0, 0.05) is 5.56 Å². The lowest BCUT2D eigenvalue weighted by atomic mass is 9.94. The highest BCUT2D eigenvalue weighted by Crippen LogP contribution is 2.36. The number of rotatable bonds is 4. The van der Waals surface area contributed by atoms with Gasteiger partial charge in [-0.15, -0.1) is 0 Å². The largest absolute Gasteiger partial charge is 0.268 e. The summed E-state index contributed by atoms with van der Waals surface area (Å²) in [5.74, 6) is 0. The summed E-state index contributed by atoms with van der Waals surface area (Å²) in [6.45, 7) is 1.95. The fraction of sp³-hybridized carbons (Fsp3) is 0.130. The molecule has 27 heavy (non-hydrogen) atoms. The summed E-state index contributed by atoms with van der Waals surface area (Å²) in [6, 6.07) is 24.3. The number of sulfonamides is 1. The van der Waals surface area contributed by atoms with Crippen molar-refractivity contribution in [1.82, 2.24) is 0 Å². The van der Waals surface area contributed by atoms with Crippen LogP contribution in [-0.2, 0) is 16.4 Å². The zero-order chi connectivity index (χ0) is 18.9. The van der Waals surface area contributed by atoms with Crippen LogP contribution in [0.1, 0.15) is 23.1 Å². The number of benzene rings is 3. The number of hydrogen-bond acceptors (Lipinski definition) is 2. The van der Waals surface area contributed by atoms with Crippen LogP contribution in [0.3, 0.4) is 0 Å². The highest BCUT2D eigenvalue weighted by molar-refractivity contribution is 7.93. The summed E-state index contributed by atoms with van der Waals surface area (Å²) in [7, 11) is -3.75. The molecule has 0 radical (unpaired) electrons. The van der Waals surface area contributed by atoms with Crippen LogP contribution in [0.25, 0.3) is 5.70 Å². The molecule has 0 aromatic heterocycles. The molecule has 0 atom stereocenters.